The molecule has 11 aromatic carbocycles. The van der Waals surface area contributed by atoms with Crippen LogP contribution in [0.5, 0.6) is 0 Å². The molecule has 0 aliphatic heterocycles. The lowest BCUT2D eigenvalue weighted by Crippen LogP contribution is -2.17. The van der Waals surface area contributed by atoms with Crippen LogP contribution in [-0.4, -0.2) is 18.3 Å². The highest BCUT2D eigenvalue weighted by Crippen LogP contribution is 2.57. The number of nitrogens with zero attached hydrogens (tertiary/aromatic N) is 6. The van der Waals surface area contributed by atoms with Crippen molar-refractivity contribution in [1.82, 2.24) is 18.3 Å². The smallest absolute Gasteiger partial charge is 0.104 e. The molecule has 0 saturated heterocycles. The number of rotatable bonds is 4. The first-order valence-electron chi connectivity index (χ1n) is 27.6. The second-order valence-corrected chi connectivity index (χ2v) is 22.9. The molecule has 6 heteroatoms. The normalized spacial score (nSPS) is 13.9. The van der Waals surface area contributed by atoms with Crippen molar-refractivity contribution in [2.75, 3.05) is 0 Å². The molecule has 0 unspecified atom stereocenters. The average Bonchev–Trinajstić information content (AvgIpc) is 4.35. The minimum atomic E-state index is -0.257. The first-order valence-corrected chi connectivity index (χ1v) is 27.6. The summed E-state index contributed by atoms with van der Waals surface area (Å²) in [7, 11) is 0. The minimum Gasteiger partial charge on any atom is -0.306 e. The fraction of sp³-hybridized carbons (Fsp3) is 0.0811. The number of hydrogen-bond donors (Lipinski definition) is 0. The summed E-state index contributed by atoms with van der Waals surface area (Å²) in [6.07, 6.45) is 0. The molecule has 80 heavy (non-hydrogen) atoms. The first kappa shape index (κ1) is 44.7. The molecule has 0 amide bonds. The third-order valence-electron chi connectivity index (χ3n) is 18.4. The van der Waals surface area contributed by atoms with Gasteiger partial charge in [-0.25, -0.2) is 0 Å². The Bertz CT molecular complexity index is 5070. The van der Waals surface area contributed by atoms with Crippen LogP contribution in [-0.2, 0) is 10.8 Å². The zero-order valence-electron chi connectivity index (χ0n) is 44.5. The molecule has 0 atom stereocenters. The van der Waals surface area contributed by atoms with Crippen molar-refractivity contribution >= 4 is 87.2 Å². The highest BCUT2D eigenvalue weighted by Gasteiger charge is 2.41. The van der Waals surface area contributed by atoms with Crippen LogP contribution in [0.1, 0.15) is 61.1 Å². The molecular formula is C74H48N6. The van der Waals surface area contributed by atoms with E-state index >= 15 is 0 Å². The van der Waals surface area contributed by atoms with E-state index in [1.165, 1.54) is 44.5 Å². The van der Waals surface area contributed by atoms with Gasteiger partial charge in [0.2, 0.25) is 0 Å². The molecule has 2 aliphatic carbocycles. The van der Waals surface area contributed by atoms with E-state index in [2.05, 4.69) is 276 Å². The Labute approximate surface area is 461 Å². The van der Waals surface area contributed by atoms with E-state index in [1.54, 1.807) is 0 Å². The lowest BCUT2D eigenvalue weighted by molar-refractivity contribution is 0.660. The van der Waals surface area contributed by atoms with Crippen LogP contribution in [0.25, 0.3) is 132 Å². The molecule has 0 spiro atoms. The van der Waals surface area contributed by atoms with Gasteiger partial charge in [0.15, 0.2) is 0 Å². The van der Waals surface area contributed by atoms with Crippen molar-refractivity contribution < 1.29 is 0 Å². The number of aromatic nitrogens is 4. The quantitative estimate of drug-likeness (QED) is 0.176. The number of nitriles is 2. The Hall–Kier alpha value is -10.4. The second kappa shape index (κ2) is 15.6. The summed E-state index contributed by atoms with van der Waals surface area (Å²) in [5.74, 6) is 0. The van der Waals surface area contributed by atoms with Crippen LogP contribution in [0, 0.1) is 22.7 Å². The van der Waals surface area contributed by atoms with Gasteiger partial charge < -0.3 is 18.3 Å². The fourth-order valence-electron chi connectivity index (χ4n) is 15.1. The van der Waals surface area contributed by atoms with E-state index in [1.807, 2.05) is 0 Å². The number of benzene rings is 11. The summed E-state index contributed by atoms with van der Waals surface area (Å²) < 4.78 is 9.33. The molecule has 0 radical (unpaired) electrons. The van der Waals surface area contributed by atoms with Crippen LogP contribution in [0.2, 0.25) is 0 Å². The zero-order chi connectivity index (χ0) is 53.5. The molecule has 374 valence electrons. The molecule has 0 saturated carbocycles. The van der Waals surface area contributed by atoms with Crippen molar-refractivity contribution in [2.24, 2.45) is 0 Å². The van der Waals surface area contributed by atoms with Crippen molar-refractivity contribution in [3.05, 3.63) is 252 Å². The third-order valence-corrected chi connectivity index (χ3v) is 18.4. The first-order chi connectivity index (χ1) is 39.2. The molecule has 0 fully saturated rings. The lowest BCUT2D eigenvalue weighted by atomic mass is 9.82. The molecule has 4 heterocycles. The Balaban J connectivity index is 1.18. The summed E-state index contributed by atoms with van der Waals surface area (Å²) in [5.41, 5.74) is 20.5. The topological polar surface area (TPSA) is 67.3 Å². The van der Waals surface area contributed by atoms with E-state index in [4.69, 9.17) is 0 Å². The summed E-state index contributed by atoms with van der Waals surface area (Å²) in [4.78, 5) is 0. The number of para-hydroxylation sites is 6. The van der Waals surface area contributed by atoms with E-state index in [0.29, 0.717) is 28.2 Å². The Morgan fingerprint density at radius 2 is 0.562 bits per heavy atom. The predicted octanol–water partition coefficient (Wildman–Crippen LogP) is 18.4. The Kier molecular flexibility index (Phi) is 8.74. The van der Waals surface area contributed by atoms with Crippen LogP contribution < -0.4 is 0 Å². The van der Waals surface area contributed by atoms with Gasteiger partial charge in [-0.15, -0.1) is 0 Å². The maximum Gasteiger partial charge on any atom is 0.104 e. The van der Waals surface area contributed by atoms with Crippen LogP contribution in [0.4, 0.5) is 0 Å². The maximum absolute atomic E-state index is 12.7. The molecule has 2 aliphatic rings. The van der Waals surface area contributed by atoms with Crippen LogP contribution in [0.15, 0.2) is 218 Å². The van der Waals surface area contributed by atoms with Crippen LogP contribution >= 0.6 is 0 Å². The largest absolute Gasteiger partial charge is 0.306 e. The average molecular weight is 1020 g/mol. The second-order valence-electron chi connectivity index (χ2n) is 22.9. The molecule has 0 bridgehead atoms. The monoisotopic (exact) mass is 1020 g/mol. The highest BCUT2D eigenvalue weighted by molar-refractivity contribution is 6.21. The van der Waals surface area contributed by atoms with Crippen molar-refractivity contribution in [3.63, 3.8) is 0 Å². The van der Waals surface area contributed by atoms with E-state index in [0.717, 1.165) is 92.9 Å². The van der Waals surface area contributed by atoms with Crippen molar-refractivity contribution in [2.45, 2.75) is 38.5 Å². The standard InChI is InChI=1S/C74H48N6/c1-73(2)53-29-13-5-25-47(53)65-55(73)37-39-63-67(65)49-27-11-19-35-61(49)79(63)70-51(41-75)69(77-57-31-15-7-21-43(57)44-22-8-16-32-58(44)77)52(42-76)71(72(70)78-59-33-17-9-23-45(59)46-24-10-18-34-60(46)78)80-62-36-20-12-28-50(62)68-64(80)40-38-56-66(68)48-26-6-14-30-54(48)74(56,3)4/h5-40H,1-4H3. The highest BCUT2D eigenvalue weighted by atomic mass is 15.1. The molecule has 4 aromatic heterocycles. The van der Waals surface area contributed by atoms with Gasteiger partial charge in [-0.3, -0.25) is 0 Å². The minimum absolute atomic E-state index is 0.257. The molecular weight excluding hydrogens is 973 g/mol. The summed E-state index contributed by atoms with van der Waals surface area (Å²) >= 11 is 0. The molecule has 17 rings (SSSR count). The predicted molar refractivity (Wildman–Crippen MR) is 328 cm³/mol. The fourth-order valence-corrected chi connectivity index (χ4v) is 15.1. The van der Waals surface area contributed by atoms with Gasteiger partial charge in [0.1, 0.15) is 23.3 Å². The maximum atomic E-state index is 12.7. The Morgan fingerprint density at radius 1 is 0.275 bits per heavy atom. The van der Waals surface area contributed by atoms with Crippen molar-refractivity contribution in [3.8, 4) is 57.1 Å². The SMILES string of the molecule is CC1(C)c2ccccc2-c2c1ccc1c2c2ccccc2n1-c1c(C#N)c(-n2c3ccccc3c3ccccc32)c(C#N)c(-n2c3ccccc3c3c4c(ccc32)C(C)(C)c2ccccc2-4)c1-n1c2ccccc2c2ccccc21. The molecule has 0 N–H and O–H groups in total. The van der Waals surface area contributed by atoms with Crippen LogP contribution in [0.3, 0.4) is 0 Å². The van der Waals surface area contributed by atoms with Gasteiger partial charge >= 0.3 is 0 Å². The van der Waals surface area contributed by atoms with Crippen molar-refractivity contribution in [1.29, 1.82) is 10.5 Å². The summed E-state index contributed by atoms with van der Waals surface area (Å²) in [6.45, 7) is 9.34. The summed E-state index contributed by atoms with van der Waals surface area (Å²) in [5, 5.41) is 34.1. The van der Waals surface area contributed by atoms with Gasteiger partial charge in [-0.2, -0.15) is 10.5 Å². The van der Waals surface area contributed by atoms with Gasteiger partial charge in [0.25, 0.3) is 0 Å². The van der Waals surface area contributed by atoms with E-state index < -0.39 is 0 Å². The van der Waals surface area contributed by atoms with E-state index in [-0.39, 0.29) is 10.8 Å². The van der Waals surface area contributed by atoms with Gasteiger partial charge in [0.05, 0.1) is 66.9 Å². The molecule has 15 aromatic rings. The third kappa shape index (κ3) is 5.40. The number of hydrogen-bond acceptors (Lipinski definition) is 2. The van der Waals surface area contributed by atoms with Gasteiger partial charge in [0, 0.05) is 53.9 Å². The zero-order valence-corrected chi connectivity index (χ0v) is 44.5. The van der Waals surface area contributed by atoms with Gasteiger partial charge in [-0.1, -0.05) is 198 Å². The Morgan fingerprint density at radius 3 is 0.925 bits per heavy atom. The lowest BCUT2D eigenvalue weighted by Gasteiger charge is -2.27. The number of fused-ring (bicyclic) bond motifs is 20. The molecule has 6 nitrogen and oxygen atoms in total. The van der Waals surface area contributed by atoms with E-state index in [9.17, 15) is 10.5 Å². The van der Waals surface area contributed by atoms with Gasteiger partial charge in [-0.05, 0) is 93.0 Å². The summed E-state index contributed by atoms with van der Waals surface area (Å²) in [6, 6.07) is 84.3.